The van der Waals surface area contributed by atoms with E-state index < -0.39 is 0 Å². The van der Waals surface area contributed by atoms with Crippen LogP contribution in [0.4, 0.5) is 17.8 Å². The Labute approximate surface area is 236 Å². The summed E-state index contributed by atoms with van der Waals surface area (Å²) in [4.78, 5) is 25.5. The Balaban J connectivity index is 1.33. The van der Waals surface area contributed by atoms with Crippen LogP contribution in [0.15, 0.2) is 54.6 Å². The number of nitrogens with one attached hydrogen (secondary N) is 4. The summed E-state index contributed by atoms with van der Waals surface area (Å²) in [6.45, 7) is 6.40. The lowest BCUT2D eigenvalue weighted by Crippen LogP contribution is -2.27. The number of carbonyl (C=O) groups excluding carboxylic acids is 1. The molecule has 1 amide bonds. The molecule has 0 atom stereocenters. The van der Waals surface area contributed by atoms with E-state index in [1.807, 2.05) is 42.5 Å². The molecule has 3 rings (SSSR count). The normalized spacial score (nSPS) is 10.7. The summed E-state index contributed by atoms with van der Waals surface area (Å²) in [5.41, 5.74) is 1.83. The molecule has 0 aliphatic heterocycles. The van der Waals surface area contributed by atoms with E-state index in [1.54, 1.807) is 19.2 Å². The molecule has 11 nitrogen and oxygen atoms in total. The van der Waals surface area contributed by atoms with Gasteiger partial charge >= 0.3 is 0 Å². The standard InChI is InChI=1S/C29H41N7O4/c1-3-4-15-31-27-34-28(32-16-14-23-10-12-25(38-2)13-11-23)36-29(35-27)33-18-20-40-22-21-39-19-17-30-26(37)24-8-6-5-7-9-24/h5-13H,3-4,14-22H2,1-2H3,(H,30,37)(H3,31,32,33,34,35,36). The van der Waals surface area contributed by atoms with E-state index in [-0.39, 0.29) is 5.91 Å². The Morgan fingerprint density at radius 1 is 0.725 bits per heavy atom. The smallest absolute Gasteiger partial charge is 0.251 e. The number of unbranched alkanes of at least 4 members (excludes halogenated alkanes) is 1. The van der Waals surface area contributed by atoms with Gasteiger partial charge in [0.15, 0.2) is 0 Å². The first-order valence-corrected chi connectivity index (χ1v) is 13.8. The monoisotopic (exact) mass is 551 g/mol. The van der Waals surface area contributed by atoms with Crippen molar-refractivity contribution in [3.8, 4) is 5.75 Å². The average molecular weight is 552 g/mol. The van der Waals surface area contributed by atoms with Gasteiger partial charge in [-0.15, -0.1) is 0 Å². The minimum absolute atomic E-state index is 0.107. The van der Waals surface area contributed by atoms with Crippen molar-refractivity contribution in [2.24, 2.45) is 0 Å². The first-order valence-electron chi connectivity index (χ1n) is 13.8. The van der Waals surface area contributed by atoms with Crippen LogP contribution < -0.4 is 26.0 Å². The quantitative estimate of drug-likeness (QED) is 0.154. The fourth-order valence-electron chi connectivity index (χ4n) is 3.59. The van der Waals surface area contributed by atoms with Crippen molar-refractivity contribution < 1.29 is 19.0 Å². The maximum Gasteiger partial charge on any atom is 0.251 e. The Morgan fingerprint density at radius 3 is 1.95 bits per heavy atom. The maximum atomic E-state index is 12.0. The average Bonchev–Trinajstić information content (AvgIpc) is 2.99. The zero-order chi connectivity index (χ0) is 28.3. The molecule has 1 heterocycles. The molecule has 0 aliphatic rings. The van der Waals surface area contributed by atoms with Crippen LogP contribution in [-0.2, 0) is 15.9 Å². The van der Waals surface area contributed by atoms with Gasteiger partial charge in [-0.2, -0.15) is 15.0 Å². The molecular weight excluding hydrogens is 510 g/mol. The third-order valence-electron chi connectivity index (χ3n) is 5.77. The maximum absolute atomic E-state index is 12.0. The zero-order valence-electron chi connectivity index (χ0n) is 23.4. The topological polar surface area (TPSA) is 132 Å². The van der Waals surface area contributed by atoms with Crippen LogP contribution in [0, 0.1) is 0 Å². The molecule has 3 aromatic rings. The van der Waals surface area contributed by atoms with Gasteiger partial charge in [0.1, 0.15) is 5.75 Å². The number of anilines is 3. The highest BCUT2D eigenvalue weighted by atomic mass is 16.5. The van der Waals surface area contributed by atoms with E-state index >= 15 is 0 Å². The van der Waals surface area contributed by atoms with Crippen molar-refractivity contribution in [1.82, 2.24) is 20.3 Å². The van der Waals surface area contributed by atoms with Crippen LogP contribution in [0.25, 0.3) is 0 Å². The fraction of sp³-hybridized carbons (Fsp3) is 0.448. The number of aromatic nitrogens is 3. The van der Waals surface area contributed by atoms with Crippen LogP contribution in [0.2, 0.25) is 0 Å². The number of ether oxygens (including phenoxy) is 3. The molecule has 0 unspecified atom stereocenters. The van der Waals surface area contributed by atoms with E-state index in [2.05, 4.69) is 43.1 Å². The van der Waals surface area contributed by atoms with Crippen molar-refractivity contribution in [3.05, 3.63) is 65.7 Å². The minimum atomic E-state index is -0.107. The van der Waals surface area contributed by atoms with Crippen molar-refractivity contribution in [3.63, 3.8) is 0 Å². The molecule has 0 aliphatic carbocycles. The molecule has 0 saturated heterocycles. The van der Waals surface area contributed by atoms with Crippen LogP contribution in [0.5, 0.6) is 5.75 Å². The van der Waals surface area contributed by atoms with E-state index in [9.17, 15) is 4.79 Å². The van der Waals surface area contributed by atoms with E-state index in [4.69, 9.17) is 14.2 Å². The molecule has 0 saturated carbocycles. The van der Waals surface area contributed by atoms with Crippen molar-refractivity contribution in [2.75, 3.05) is 75.7 Å². The first-order chi connectivity index (χ1) is 19.7. The minimum Gasteiger partial charge on any atom is -0.497 e. The van der Waals surface area contributed by atoms with Crippen LogP contribution in [0.1, 0.15) is 35.7 Å². The second-order valence-corrected chi connectivity index (χ2v) is 8.88. The number of rotatable bonds is 20. The van der Waals surface area contributed by atoms with Gasteiger partial charge in [0.2, 0.25) is 17.8 Å². The second kappa shape index (κ2) is 18.3. The van der Waals surface area contributed by atoms with Gasteiger partial charge in [0.25, 0.3) is 5.91 Å². The zero-order valence-corrected chi connectivity index (χ0v) is 23.4. The number of amides is 1. The molecular formula is C29H41N7O4. The summed E-state index contributed by atoms with van der Waals surface area (Å²) in [7, 11) is 1.66. The molecule has 4 N–H and O–H groups in total. The van der Waals surface area contributed by atoms with Crippen molar-refractivity contribution in [1.29, 1.82) is 0 Å². The van der Waals surface area contributed by atoms with Gasteiger partial charge in [-0.3, -0.25) is 4.79 Å². The number of hydrogen-bond acceptors (Lipinski definition) is 10. The van der Waals surface area contributed by atoms with Gasteiger partial charge in [-0.05, 0) is 42.7 Å². The largest absolute Gasteiger partial charge is 0.497 e. The van der Waals surface area contributed by atoms with Gasteiger partial charge in [-0.25, -0.2) is 0 Å². The molecule has 2 aromatic carbocycles. The second-order valence-electron chi connectivity index (χ2n) is 8.88. The fourth-order valence-corrected chi connectivity index (χ4v) is 3.59. The molecule has 0 fully saturated rings. The Kier molecular flexibility index (Phi) is 14.0. The SMILES string of the molecule is CCCCNc1nc(NCCOCCOCCNC(=O)c2ccccc2)nc(NCCc2ccc(OC)cc2)n1. The highest BCUT2D eigenvalue weighted by molar-refractivity contribution is 5.94. The lowest BCUT2D eigenvalue weighted by atomic mass is 10.1. The van der Waals surface area contributed by atoms with E-state index in [0.29, 0.717) is 69.5 Å². The summed E-state index contributed by atoms with van der Waals surface area (Å²) in [6.07, 6.45) is 2.94. The predicted octanol–water partition coefficient (Wildman–Crippen LogP) is 3.62. The van der Waals surface area contributed by atoms with E-state index in [1.165, 1.54) is 5.56 Å². The summed E-state index contributed by atoms with van der Waals surface area (Å²) in [5.74, 6) is 2.26. The van der Waals surface area contributed by atoms with E-state index in [0.717, 1.165) is 31.6 Å². The molecule has 1 aromatic heterocycles. The number of nitrogens with zero attached hydrogens (tertiary/aromatic N) is 3. The number of methoxy groups -OCH3 is 1. The third-order valence-corrected chi connectivity index (χ3v) is 5.77. The molecule has 0 radical (unpaired) electrons. The van der Waals surface area contributed by atoms with Gasteiger partial charge in [0, 0.05) is 31.7 Å². The lowest BCUT2D eigenvalue weighted by Gasteiger charge is -2.12. The molecule has 11 heteroatoms. The highest BCUT2D eigenvalue weighted by Gasteiger charge is 2.07. The molecule has 0 spiro atoms. The Bertz CT molecular complexity index is 1120. The summed E-state index contributed by atoms with van der Waals surface area (Å²) < 4.78 is 16.4. The molecule has 40 heavy (non-hydrogen) atoms. The van der Waals surface area contributed by atoms with Gasteiger partial charge < -0.3 is 35.5 Å². The predicted molar refractivity (Wildman–Crippen MR) is 157 cm³/mol. The number of carbonyl (C=O) groups is 1. The molecule has 0 bridgehead atoms. The summed E-state index contributed by atoms with van der Waals surface area (Å²) >= 11 is 0. The molecule has 216 valence electrons. The van der Waals surface area contributed by atoms with Gasteiger partial charge in [-0.1, -0.05) is 43.7 Å². The van der Waals surface area contributed by atoms with Crippen LogP contribution >= 0.6 is 0 Å². The Hall–Kier alpha value is -3.96. The first kappa shape index (κ1) is 30.6. The number of benzene rings is 2. The van der Waals surface area contributed by atoms with Crippen LogP contribution in [-0.4, -0.2) is 80.6 Å². The Morgan fingerprint density at radius 2 is 1.32 bits per heavy atom. The van der Waals surface area contributed by atoms with Crippen molar-refractivity contribution >= 4 is 23.8 Å². The van der Waals surface area contributed by atoms with Gasteiger partial charge in [0.05, 0.1) is 33.5 Å². The van der Waals surface area contributed by atoms with Crippen LogP contribution in [0.3, 0.4) is 0 Å². The lowest BCUT2D eigenvalue weighted by molar-refractivity contribution is 0.0519. The summed E-state index contributed by atoms with van der Waals surface area (Å²) in [5, 5.41) is 12.6. The number of hydrogen-bond donors (Lipinski definition) is 4. The van der Waals surface area contributed by atoms with Crippen molar-refractivity contribution in [2.45, 2.75) is 26.2 Å². The summed E-state index contributed by atoms with van der Waals surface area (Å²) in [6, 6.07) is 17.1. The third kappa shape index (κ3) is 11.8. The highest BCUT2D eigenvalue weighted by Crippen LogP contribution is 2.13.